The highest BCUT2D eigenvalue weighted by Crippen LogP contribution is 2.34. The van der Waals surface area contributed by atoms with Crippen molar-refractivity contribution in [2.45, 2.75) is 52.6 Å². The first-order valence-corrected chi connectivity index (χ1v) is 12.5. The van der Waals surface area contributed by atoms with E-state index >= 15 is 0 Å². The third kappa shape index (κ3) is 4.93. The van der Waals surface area contributed by atoms with E-state index in [1.165, 1.54) is 12.0 Å². The highest BCUT2D eigenvalue weighted by Gasteiger charge is 2.23. The van der Waals surface area contributed by atoms with Gasteiger partial charge in [0.15, 0.2) is 0 Å². The van der Waals surface area contributed by atoms with Gasteiger partial charge in [-0.2, -0.15) is 0 Å². The second-order valence-electron chi connectivity index (χ2n) is 8.17. The smallest absolute Gasteiger partial charge is 0.263 e. The number of fused-ring (bicyclic) bond motifs is 3. The van der Waals surface area contributed by atoms with Gasteiger partial charge in [0, 0.05) is 10.6 Å². The molecular formula is C24H29ClN4O3S. The number of aryl methyl sites for hydroxylation is 2. The van der Waals surface area contributed by atoms with E-state index in [4.69, 9.17) is 21.3 Å². The lowest BCUT2D eigenvalue weighted by molar-refractivity contribution is -0.116. The Morgan fingerprint density at radius 3 is 2.73 bits per heavy atom. The van der Waals surface area contributed by atoms with Crippen molar-refractivity contribution in [1.29, 1.82) is 0 Å². The first-order chi connectivity index (χ1) is 15.9. The van der Waals surface area contributed by atoms with Crippen LogP contribution in [0.1, 0.15) is 43.0 Å². The van der Waals surface area contributed by atoms with Crippen LogP contribution in [-0.4, -0.2) is 40.6 Å². The summed E-state index contributed by atoms with van der Waals surface area (Å²) in [7, 11) is 1.54. The average molecular weight is 489 g/mol. The highest BCUT2D eigenvalue weighted by atomic mass is 35.5. The Kier molecular flexibility index (Phi) is 7.36. The summed E-state index contributed by atoms with van der Waals surface area (Å²) in [6.45, 7) is 6.24. The van der Waals surface area contributed by atoms with Crippen LogP contribution in [-0.2, 0) is 30.7 Å². The zero-order chi connectivity index (χ0) is 23.5. The summed E-state index contributed by atoms with van der Waals surface area (Å²) in [5, 5.41) is 3.94. The standard InChI is InChI=1S/C24H29ClN4O3S/c1-4-28(5-2)13-20-27-23-22(16-8-6-7-9-19(16)33-23)24(31)29(20)14-21(30)26-15-10-11-18(32-3)17(25)12-15/h10-12H,4-9,13-14H2,1-3H3,(H,26,30). The molecule has 0 radical (unpaired) electrons. The van der Waals surface area contributed by atoms with Crippen LogP contribution in [0, 0.1) is 0 Å². The fourth-order valence-electron chi connectivity index (χ4n) is 4.30. The molecule has 0 saturated heterocycles. The Bertz CT molecular complexity index is 1230. The van der Waals surface area contributed by atoms with Crippen molar-refractivity contribution < 1.29 is 9.53 Å². The summed E-state index contributed by atoms with van der Waals surface area (Å²) in [5.74, 6) is 0.853. The second-order valence-corrected chi connectivity index (χ2v) is 9.66. The minimum absolute atomic E-state index is 0.105. The van der Waals surface area contributed by atoms with Crippen molar-refractivity contribution in [3.63, 3.8) is 0 Å². The number of hydrogen-bond acceptors (Lipinski definition) is 6. The number of halogens is 1. The summed E-state index contributed by atoms with van der Waals surface area (Å²) >= 11 is 7.82. The molecule has 1 amide bonds. The zero-order valence-electron chi connectivity index (χ0n) is 19.2. The summed E-state index contributed by atoms with van der Waals surface area (Å²) in [6, 6.07) is 5.05. The molecule has 0 bridgehead atoms. The maximum atomic E-state index is 13.7. The molecule has 0 aliphatic heterocycles. The van der Waals surface area contributed by atoms with Crippen molar-refractivity contribution in [2.75, 3.05) is 25.5 Å². The number of ether oxygens (including phenoxy) is 1. The Labute approximate surface area is 202 Å². The van der Waals surface area contributed by atoms with Gasteiger partial charge in [-0.15, -0.1) is 11.3 Å². The molecule has 0 fully saturated rings. The highest BCUT2D eigenvalue weighted by molar-refractivity contribution is 7.18. The number of anilines is 1. The van der Waals surface area contributed by atoms with Crippen molar-refractivity contribution in [3.05, 3.63) is 49.8 Å². The number of rotatable bonds is 8. The predicted molar refractivity (Wildman–Crippen MR) is 134 cm³/mol. The Hall–Kier alpha value is -2.42. The van der Waals surface area contributed by atoms with E-state index in [1.807, 2.05) is 0 Å². The Morgan fingerprint density at radius 2 is 2.03 bits per heavy atom. The molecule has 176 valence electrons. The van der Waals surface area contributed by atoms with Crippen molar-refractivity contribution in [3.8, 4) is 5.75 Å². The third-order valence-electron chi connectivity index (χ3n) is 6.15. The minimum atomic E-state index is -0.302. The second kappa shape index (κ2) is 10.2. The molecule has 1 aromatic carbocycles. The molecule has 1 aliphatic rings. The zero-order valence-corrected chi connectivity index (χ0v) is 20.8. The quantitative estimate of drug-likeness (QED) is 0.506. The van der Waals surface area contributed by atoms with Gasteiger partial charge in [-0.05, 0) is 62.5 Å². The number of carbonyl (C=O) groups excluding carboxylic acids is 1. The summed E-state index contributed by atoms with van der Waals surface area (Å²) in [5.41, 5.74) is 1.56. The number of nitrogens with zero attached hydrogens (tertiary/aromatic N) is 3. The first-order valence-electron chi connectivity index (χ1n) is 11.3. The number of amides is 1. The number of carbonyl (C=O) groups is 1. The largest absolute Gasteiger partial charge is 0.495 e. The van der Waals surface area contributed by atoms with Gasteiger partial charge in [-0.1, -0.05) is 25.4 Å². The lowest BCUT2D eigenvalue weighted by atomic mass is 9.97. The number of hydrogen-bond donors (Lipinski definition) is 1. The van der Waals surface area contributed by atoms with Crippen LogP contribution < -0.4 is 15.6 Å². The van der Waals surface area contributed by atoms with Gasteiger partial charge in [0.25, 0.3) is 5.56 Å². The maximum absolute atomic E-state index is 13.7. The van der Waals surface area contributed by atoms with E-state index in [9.17, 15) is 9.59 Å². The van der Waals surface area contributed by atoms with Gasteiger partial charge >= 0.3 is 0 Å². The van der Waals surface area contributed by atoms with E-state index in [0.717, 1.165) is 49.2 Å². The molecule has 9 heteroatoms. The SMILES string of the molecule is CCN(CC)Cc1nc2sc3c(c2c(=O)n1CC(=O)Nc1ccc(OC)c(Cl)c1)CCCC3. The molecule has 0 saturated carbocycles. The number of thiophene rings is 1. The van der Waals surface area contributed by atoms with Gasteiger partial charge < -0.3 is 10.1 Å². The first kappa shape index (κ1) is 23.7. The molecule has 3 aromatic rings. The average Bonchev–Trinajstić information content (AvgIpc) is 3.18. The molecule has 0 atom stereocenters. The normalized spacial score (nSPS) is 13.4. The lowest BCUT2D eigenvalue weighted by Gasteiger charge is -2.20. The molecule has 2 aromatic heterocycles. The fourth-order valence-corrected chi connectivity index (χ4v) is 5.83. The number of methoxy groups -OCH3 is 1. The van der Waals surface area contributed by atoms with Gasteiger partial charge in [0.05, 0.1) is 24.1 Å². The van der Waals surface area contributed by atoms with Crippen LogP contribution in [0.2, 0.25) is 5.02 Å². The lowest BCUT2D eigenvalue weighted by Crippen LogP contribution is -2.34. The van der Waals surface area contributed by atoms with Crippen LogP contribution in [0.25, 0.3) is 10.2 Å². The molecule has 2 heterocycles. The van der Waals surface area contributed by atoms with Crippen LogP contribution in [0.5, 0.6) is 5.75 Å². The maximum Gasteiger partial charge on any atom is 0.263 e. The third-order valence-corrected chi connectivity index (χ3v) is 7.63. The number of benzene rings is 1. The molecule has 1 aliphatic carbocycles. The monoisotopic (exact) mass is 488 g/mol. The van der Waals surface area contributed by atoms with E-state index < -0.39 is 0 Å². The van der Waals surface area contributed by atoms with Crippen LogP contribution in [0.4, 0.5) is 5.69 Å². The fraction of sp³-hybridized carbons (Fsp3) is 0.458. The molecule has 0 spiro atoms. The minimum Gasteiger partial charge on any atom is -0.495 e. The van der Waals surface area contributed by atoms with Crippen LogP contribution >= 0.6 is 22.9 Å². The summed E-state index contributed by atoms with van der Waals surface area (Å²) < 4.78 is 6.71. The number of nitrogens with one attached hydrogen (secondary N) is 1. The Morgan fingerprint density at radius 1 is 1.27 bits per heavy atom. The molecular weight excluding hydrogens is 460 g/mol. The number of aromatic nitrogens is 2. The van der Waals surface area contributed by atoms with Crippen molar-refractivity contribution >= 4 is 44.7 Å². The van der Waals surface area contributed by atoms with Gasteiger partial charge in [-0.25, -0.2) is 4.98 Å². The van der Waals surface area contributed by atoms with Gasteiger partial charge in [-0.3, -0.25) is 19.1 Å². The molecule has 7 nitrogen and oxygen atoms in total. The van der Waals surface area contributed by atoms with Crippen molar-refractivity contribution in [2.24, 2.45) is 0 Å². The van der Waals surface area contributed by atoms with E-state index in [1.54, 1.807) is 34.1 Å². The molecule has 33 heavy (non-hydrogen) atoms. The summed E-state index contributed by atoms with van der Waals surface area (Å²) in [6.07, 6.45) is 4.13. The summed E-state index contributed by atoms with van der Waals surface area (Å²) in [4.78, 5) is 35.8. The van der Waals surface area contributed by atoms with Gasteiger partial charge in [0.1, 0.15) is 22.9 Å². The van der Waals surface area contributed by atoms with Crippen LogP contribution in [0.3, 0.4) is 0 Å². The van der Waals surface area contributed by atoms with E-state index in [2.05, 4.69) is 24.1 Å². The topological polar surface area (TPSA) is 76.5 Å². The van der Waals surface area contributed by atoms with Crippen molar-refractivity contribution in [1.82, 2.24) is 14.5 Å². The van der Waals surface area contributed by atoms with Gasteiger partial charge in [0.2, 0.25) is 5.91 Å². The molecule has 1 N–H and O–H groups in total. The van der Waals surface area contributed by atoms with E-state index in [0.29, 0.717) is 34.2 Å². The van der Waals surface area contributed by atoms with Crippen LogP contribution in [0.15, 0.2) is 23.0 Å². The Balaban J connectivity index is 1.70. The van der Waals surface area contributed by atoms with E-state index in [-0.39, 0.29) is 18.0 Å². The predicted octanol–water partition coefficient (Wildman–Crippen LogP) is 4.48. The molecule has 0 unspecified atom stereocenters. The molecule has 4 rings (SSSR count).